The second kappa shape index (κ2) is 5.81. The summed E-state index contributed by atoms with van der Waals surface area (Å²) in [5.41, 5.74) is -0.639. The van der Waals surface area contributed by atoms with Crippen molar-refractivity contribution >= 4 is 26.7 Å². The van der Waals surface area contributed by atoms with Crippen LogP contribution in [0, 0.1) is 5.92 Å². The van der Waals surface area contributed by atoms with Crippen molar-refractivity contribution in [2.24, 2.45) is 5.92 Å². The highest BCUT2D eigenvalue weighted by Crippen LogP contribution is 2.37. The molecule has 114 valence electrons. The molecule has 1 aromatic heterocycles. The molecule has 0 bridgehead atoms. The van der Waals surface area contributed by atoms with Gasteiger partial charge in [-0.2, -0.15) is 13.2 Å². The molecule has 0 radical (unpaired) electrons. The van der Waals surface area contributed by atoms with E-state index in [1.807, 2.05) is 0 Å². The van der Waals surface area contributed by atoms with Crippen molar-refractivity contribution < 1.29 is 17.9 Å². The van der Waals surface area contributed by atoms with Gasteiger partial charge < -0.3 is 10.1 Å². The summed E-state index contributed by atoms with van der Waals surface area (Å²) in [6.45, 7) is 2.24. The predicted molar refractivity (Wildman–Crippen MR) is 76.7 cm³/mol. The molecule has 0 atom stereocenters. The lowest BCUT2D eigenvalue weighted by Crippen LogP contribution is -2.22. The summed E-state index contributed by atoms with van der Waals surface area (Å²) in [5, 5.41) is 3.72. The molecule has 0 amide bonds. The van der Waals surface area contributed by atoms with Gasteiger partial charge in [-0.1, -0.05) is 17.4 Å². The van der Waals surface area contributed by atoms with Crippen molar-refractivity contribution in [1.29, 1.82) is 0 Å². The average molecular weight is 316 g/mol. The summed E-state index contributed by atoms with van der Waals surface area (Å²) in [7, 11) is 0. The summed E-state index contributed by atoms with van der Waals surface area (Å²) in [6, 6.07) is 4.16. The minimum Gasteiger partial charge on any atom is -0.381 e. The number of halogens is 3. The number of rotatable bonds is 3. The van der Waals surface area contributed by atoms with Crippen LogP contribution in [-0.4, -0.2) is 24.7 Å². The summed E-state index contributed by atoms with van der Waals surface area (Å²) in [5.74, 6) is 0.493. The summed E-state index contributed by atoms with van der Waals surface area (Å²) in [4.78, 5) is 4.12. The Labute approximate surface area is 124 Å². The van der Waals surface area contributed by atoms with E-state index < -0.39 is 11.7 Å². The zero-order chi connectivity index (χ0) is 14.9. The second-order valence-electron chi connectivity index (χ2n) is 5.11. The van der Waals surface area contributed by atoms with Gasteiger partial charge in [0.2, 0.25) is 0 Å². The van der Waals surface area contributed by atoms with Crippen molar-refractivity contribution in [3.63, 3.8) is 0 Å². The molecule has 0 spiro atoms. The number of alkyl halides is 3. The number of aromatic nitrogens is 1. The Morgan fingerprint density at radius 2 is 2.05 bits per heavy atom. The maximum Gasteiger partial charge on any atom is 0.418 e. The zero-order valence-corrected chi connectivity index (χ0v) is 12.1. The summed E-state index contributed by atoms with van der Waals surface area (Å²) >= 11 is 1.26. The largest absolute Gasteiger partial charge is 0.418 e. The first-order valence-corrected chi connectivity index (χ1v) is 7.64. The summed E-state index contributed by atoms with van der Waals surface area (Å²) in [6.07, 6.45) is -2.41. The maximum absolute atomic E-state index is 12.9. The first-order valence-electron chi connectivity index (χ1n) is 6.82. The van der Waals surface area contributed by atoms with E-state index in [-0.39, 0.29) is 5.52 Å². The molecule has 2 heterocycles. The third-order valence-corrected chi connectivity index (χ3v) is 4.59. The van der Waals surface area contributed by atoms with Crippen LogP contribution in [0.4, 0.5) is 18.3 Å². The van der Waals surface area contributed by atoms with E-state index in [1.54, 1.807) is 6.07 Å². The molecule has 21 heavy (non-hydrogen) atoms. The van der Waals surface area contributed by atoms with Crippen LogP contribution in [-0.2, 0) is 10.9 Å². The molecule has 3 nitrogen and oxygen atoms in total. The lowest BCUT2D eigenvalue weighted by atomic mass is 10.0. The zero-order valence-electron chi connectivity index (χ0n) is 11.2. The molecular formula is C14H15F3N2OS. The molecule has 0 unspecified atom stereocenters. The molecular weight excluding hydrogens is 301 g/mol. The highest BCUT2D eigenvalue weighted by Gasteiger charge is 2.33. The van der Waals surface area contributed by atoms with Crippen molar-refractivity contribution in [2.45, 2.75) is 19.0 Å². The molecule has 1 aliphatic heterocycles. The van der Waals surface area contributed by atoms with Crippen LogP contribution in [0.5, 0.6) is 0 Å². The van der Waals surface area contributed by atoms with E-state index in [9.17, 15) is 13.2 Å². The van der Waals surface area contributed by atoms with E-state index in [4.69, 9.17) is 4.74 Å². The van der Waals surface area contributed by atoms with Crippen molar-refractivity contribution in [3.05, 3.63) is 23.8 Å². The molecule has 7 heteroatoms. The Morgan fingerprint density at radius 3 is 2.76 bits per heavy atom. The Bertz CT molecular complexity index is 620. The Morgan fingerprint density at radius 1 is 1.29 bits per heavy atom. The van der Waals surface area contributed by atoms with E-state index >= 15 is 0 Å². The molecule has 1 saturated heterocycles. The van der Waals surface area contributed by atoms with Crippen LogP contribution in [0.2, 0.25) is 0 Å². The summed E-state index contributed by atoms with van der Waals surface area (Å²) < 4.78 is 44.6. The maximum atomic E-state index is 12.9. The number of para-hydroxylation sites is 1. The monoisotopic (exact) mass is 316 g/mol. The third-order valence-electron chi connectivity index (χ3n) is 3.61. The average Bonchev–Trinajstić information content (AvgIpc) is 2.87. The number of nitrogens with one attached hydrogen (secondary N) is 1. The molecule has 1 N–H and O–H groups in total. The standard InChI is InChI=1S/C14H15F3N2OS/c15-14(16,17)10-2-1-3-11-12(10)19-13(21-11)18-8-9-4-6-20-7-5-9/h1-3,9H,4-8H2,(H,18,19). The molecule has 1 aromatic carbocycles. The Kier molecular flexibility index (Phi) is 4.03. The number of fused-ring (bicyclic) bond motifs is 1. The molecule has 0 aliphatic carbocycles. The van der Waals surface area contributed by atoms with Crippen LogP contribution < -0.4 is 5.32 Å². The van der Waals surface area contributed by atoms with Crippen molar-refractivity contribution in [1.82, 2.24) is 4.98 Å². The van der Waals surface area contributed by atoms with E-state index in [0.29, 0.717) is 15.7 Å². The van der Waals surface area contributed by atoms with E-state index in [1.165, 1.54) is 17.4 Å². The van der Waals surface area contributed by atoms with Gasteiger partial charge in [0.05, 0.1) is 15.8 Å². The third kappa shape index (κ3) is 3.29. The number of thiazole rings is 1. The minimum absolute atomic E-state index is 0.0319. The van der Waals surface area contributed by atoms with Gasteiger partial charge in [-0.15, -0.1) is 0 Å². The fraction of sp³-hybridized carbons (Fsp3) is 0.500. The number of benzene rings is 1. The number of hydrogen-bond donors (Lipinski definition) is 1. The van der Waals surface area contributed by atoms with Gasteiger partial charge in [0, 0.05) is 19.8 Å². The number of anilines is 1. The SMILES string of the molecule is FC(F)(F)c1cccc2sc(NCC3CCOCC3)nc12. The van der Waals surface area contributed by atoms with Crippen LogP contribution in [0.3, 0.4) is 0 Å². The predicted octanol–water partition coefficient (Wildman–Crippen LogP) is 4.15. The first kappa shape index (κ1) is 14.6. The van der Waals surface area contributed by atoms with Crippen molar-refractivity contribution in [2.75, 3.05) is 25.1 Å². The van der Waals surface area contributed by atoms with Gasteiger partial charge in [-0.25, -0.2) is 4.98 Å². The van der Waals surface area contributed by atoms with Crippen LogP contribution in [0.25, 0.3) is 10.2 Å². The van der Waals surface area contributed by atoms with Gasteiger partial charge in [-0.3, -0.25) is 0 Å². The minimum atomic E-state index is -4.37. The number of nitrogens with zero attached hydrogens (tertiary/aromatic N) is 1. The molecule has 2 aromatic rings. The van der Waals surface area contributed by atoms with E-state index in [0.717, 1.165) is 38.7 Å². The van der Waals surface area contributed by atoms with Gasteiger partial charge in [0.1, 0.15) is 0 Å². The van der Waals surface area contributed by atoms with Crippen LogP contribution in [0.15, 0.2) is 18.2 Å². The molecule has 3 rings (SSSR count). The lowest BCUT2D eigenvalue weighted by Gasteiger charge is -2.21. The topological polar surface area (TPSA) is 34.1 Å². The quantitative estimate of drug-likeness (QED) is 0.923. The van der Waals surface area contributed by atoms with Crippen molar-refractivity contribution in [3.8, 4) is 0 Å². The van der Waals surface area contributed by atoms with Crippen LogP contribution in [0.1, 0.15) is 18.4 Å². The normalized spacial score (nSPS) is 17.3. The van der Waals surface area contributed by atoms with Crippen LogP contribution >= 0.6 is 11.3 Å². The molecule has 0 saturated carbocycles. The van der Waals surface area contributed by atoms with Gasteiger partial charge in [0.15, 0.2) is 5.13 Å². The highest BCUT2D eigenvalue weighted by atomic mass is 32.1. The smallest absolute Gasteiger partial charge is 0.381 e. The fourth-order valence-corrected chi connectivity index (χ4v) is 3.33. The molecule has 1 fully saturated rings. The number of ether oxygens (including phenoxy) is 1. The number of hydrogen-bond acceptors (Lipinski definition) is 4. The Balaban J connectivity index is 1.77. The highest BCUT2D eigenvalue weighted by molar-refractivity contribution is 7.22. The lowest BCUT2D eigenvalue weighted by molar-refractivity contribution is -0.136. The van der Waals surface area contributed by atoms with Gasteiger partial charge in [0.25, 0.3) is 0 Å². The second-order valence-corrected chi connectivity index (χ2v) is 6.14. The van der Waals surface area contributed by atoms with Gasteiger partial charge >= 0.3 is 6.18 Å². The van der Waals surface area contributed by atoms with Gasteiger partial charge in [-0.05, 0) is 30.9 Å². The fourth-order valence-electron chi connectivity index (χ4n) is 2.44. The Hall–Kier alpha value is -1.34. The van der Waals surface area contributed by atoms with E-state index in [2.05, 4.69) is 10.3 Å². The first-order chi connectivity index (χ1) is 10.0. The molecule has 1 aliphatic rings.